The molecule has 4 heterocycles. The number of hydrogen-bond donors (Lipinski definition) is 1. The Balaban J connectivity index is 1.36. The summed E-state index contributed by atoms with van der Waals surface area (Å²) in [6.07, 6.45) is -2.92. The van der Waals surface area contributed by atoms with Gasteiger partial charge in [0.2, 0.25) is 11.7 Å². The first kappa shape index (κ1) is 26.7. The van der Waals surface area contributed by atoms with E-state index in [1.165, 1.54) is 40.5 Å². The number of para-hydroxylation sites is 2. The number of aliphatic hydroxyl groups is 1. The molecule has 0 aliphatic carbocycles. The minimum Gasteiger partial charge on any atom is -0.388 e. The molecule has 0 saturated carbocycles. The molecule has 0 bridgehead atoms. The molecule has 0 spiro atoms. The lowest BCUT2D eigenvalue weighted by Gasteiger charge is -2.43. The Hall–Kier alpha value is -3.94. The van der Waals surface area contributed by atoms with Gasteiger partial charge in [-0.2, -0.15) is 13.2 Å². The van der Waals surface area contributed by atoms with Crippen LogP contribution in [0.2, 0.25) is 0 Å². The summed E-state index contributed by atoms with van der Waals surface area (Å²) in [7, 11) is 2.84. The molecule has 4 aromatic rings. The number of amides is 1. The zero-order chi connectivity index (χ0) is 28.3. The van der Waals surface area contributed by atoms with Crippen LogP contribution in [0.4, 0.5) is 13.2 Å². The molecule has 2 atom stereocenters. The predicted octanol–water partition coefficient (Wildman–Crippen LogP) is 1.81. The zero-order valence-corrected chi connectivity index (χ0v) is 21.6. The third-order valence-corrected chi connectivity index (χ3v) is 7.54. The van der Waals surface area contributed by atoms with Crippen molar-refractivity contribution in [2.24, 2.45) is 14.1 Å². The standard InChI is InChI=1S/C25H28F3N7O4/c1-24(39)10-12-33(13-17(24)35-14-29-20-19(35)21(37)32(3)23(38)31(20)2)18(36)9-6-11-34-16-8-5-4-7-15(16)30-22(34)25(26,27)28/h4-5,7-8,14,17,39H,6,9-13H2,1-3H3/t17-,24-/m0/s1. The van der Waals surface area contributed by atoms with E-state index in [1.807, 2.05) is 0 Å². The highest BCUT2D eigenvalue weighted by Gasteiger charge is 2.41. The Morgan fingerprint density at radius 1 is 1.18 bits per heavy atom. The van der Waals surface area contributed by atoms with E-state index < -0.39 is 34.9 Å². The van der Waals surface area contributed by atoms with E-state index in [0.29, 0.717) is 5.52 Å². The third-order valence-electron chi connectivity index (χ3n) is 7.54. The Kier molecular flexibility index (Phi) is 6.40. The molecule has 14 heteroatoms. The number of halogens is 3. The number of fused-ring (bicyclic) bond motifs is 2. The lowest BCUT2D eigenvalue weighted by molar-refractivity contribution is -0.147. The Morgan fingerprint density at radius 3 is 2.62 bits per heavy atom. The lowest BCUT2D eigenvalue weighted by atomic mass is 9.88. The summed E-state index contributed by atoms with van der Waals surface area (Å²) >= 11 is 0. The number of nitrogens with zero attached hydrogens (tertiary/aromatic N) is 7. The maximum atomic E-state index is 13.6. The van der Waals surface area contributed by atoms with Crippen LogP contribution in [-0.2, 0) is 31.6 Å². The summed E-state index contributed by atoms with van der Waals surface area (Å²) in [5, 5.41) is 11.2. The van der Waals surface area contributed by atoms with Gasteiger partial charge in [-0.25, -0.2) is 14.8 Å². The molecular formula is C25H28F3N7O4. The molecule has 1 N–H and O–H groups in total. The Morgan fingerprint density at radius 2 is 1.90 bits per heavy atom. The first-order chi connectivity index (χ1) is 18.3. The molecule has 1 fully saturated rings. The number of aromatic nitrogens is 6. The molecule has 0 unspecified atom stereocenters. The van der Waals surface area contributed by atoms with Gasteiger partial charge in [0, 0.05) is 40.2 Å². The molecule has 1 amide bonds. The van der Waals surface area contributed by atoms with Gasteiger partial charge in [-0.3, -0.25) is 18.7 Å². The second-order valence-corrected chi connectivity index (χ2v) is 10.2. The normalized spacial score (nSPS) is 20.3. The number of piperidine rings is 1. The molecule has 0 radical (unpaired) electrons. The summed E-state index contributed by atoms with van der Waals surface area (Å²) < 4.78 is 45.6. The number of aryl methyl sites for hydroxylation is 2. The first-order valence-corrected chi connectivity index (χ1v) is 12.5. The maximum absolute atomic E-state index is 13.6. The minimum atomic E-state index is -4.64. The van der Waals surface area contributed by atoms with Gasteiger partial charge in [0.15, 0.2) is 11.2 Å². The number of carbonyl (C=O) groups is 1. The van der Waals surface area contributed by atoms with Crippen LogP contribution < -0.4 is 11.2 Å². The van der Waals surface area contributed by atoms with Crippen LogP contribution in [0.5, 0.6) is 0 Å². The fraction of sp³-hybridized carbons (Fsp3) is 0.480. The van der Waals surface area contributed by atoms with Crippen LogP contribution in [0.25, 0.3) is 22.2 Å². The van der Waals surface area contributed by atoms with Crippen molar-refractivity contribution >= 4 is 28.1 Å². The highest BCUT2D eigenvalue weighted by molar-refractivity contribution is 5.77. The van der Waals surface area contributed by atoms with Gasteiger partial charge in [-0.15, -0.1) is 0 Å². The van der Waals surface area contributed by atoms with Crippen molar-refractivity contribution in [3.05, 3.63) is 57.3 Å². The number of imidazole rings is 2. The molecule has 39 heavy (non-hydrogen) atoms. The quantitative estimate of drug-likeness (QED) is 0.407. The molecule has 1 aromatic carbocycles. The summed E-state index contributed by atoms with van der Waals surface area (Å²) in [5.74, 6) is -1.29. The largest absolute Gasteiger partial charge is 0.449 e. The van der Waals surface area contributed by atoms with Crippen molar-refractivity contribution in [3.63, 3.8) is 0 Å². The number of likely N-dealkylation sites (tertiary alicyclic amines) is 1. The van der Waals surface area contributed by atoms with Crippen molar-refractivity contribution in [2.75, 3.05) is 13.1 Å². The minimum absolute atomic E-state index is 0.0143. The SMILES string of the molecule is Cn1c(=O)c2c(ncn2[C@H]2CN(C(=O)CCCn3c(C(F)(F)F)nc4ccccc43)CC[C@]2(C)O)n(C)c1=O. The summed E-state index contributed by atoms with van der Waals surface area (Å²) in [6.45, 7) is 1.87. The zero-order valence-electron chi connectivity index (χ0n) is 21.6. The van der Waals surface area contributed by atoms with E-state index in [-0.39, 0.29) is 61.5 Å². The number of benzene rings is 1. The monoisotopic (exact) mass is 547 g/mol. The Labute approximate surface area is 219 Å². The van der Waals surface area contributed by atoms with E-state index in [9.17, 15) is 32.7 Å². The second kappa shape index (κ2) is 9.36. The van der Waals surface area contributed by atoms with Gasteiger partial charge in [0.1, 0.15) is 0 Å². The Bertz CT molecular complexity index is 1700. The lowest BCUT2D eigenvalue weighted by Crippen LogP contribution is -2.53. The van der Waals surface area contributed by atoms with Gasteiger partial charge in [-0.1, -0.05) is 12.1 Å². The van der Waals surface area contributed by atoms with E-state index in [2.05, 4.69) is 9.97 Å². The van der Waals surface area contributed by atoms with Gasteiger partial charge >= 0.3 is 11.9 Å². The third kappa shape index (κ3) is 4.51. The summed E-state index contributed by atoms with van der Waals surface area (Å²) in [4.78, 5) is 47.9. The van der Waals surface area contributed by atoms with Crippen molar-refractivity contribution < 1.29 is 23.1 Å². The van der Waals surface area contributed by atoms with Gasteiger partial charge < -0.3 is 19.1 Å². The van der Waals surface area contributed by atoms with Gasteiger partial charge in [0.05, 0.1) is 29.0 Å². The number of alkyl halides is 3. The summed E-state index contributed by atoms with van der Waals surface area (Å²) in [6, 6.07) is 5.59. The highest BCUT2D eigenvalue weighted by atomic mass is 19.4. The molecule has 1 saturated heterocycles. The second-order valence-electron chi connectivity index (χ2n) is 10.2. The van der Waals surface area contributed by atoms with Crippen molar-refractivity contribution in [1.29, 1.82) is 0 Å². The predicted molar refractivity (Wildman–Crippen MR) is 135 cm³/mol. The van der Waals surface area contributed by atoms with Crippen molar-refractivity contribution in [3.8, 4) is 0 Å². The topological polar surface area (TPSA) is 120 Å². The smallest absolute Gasteiger partial charge is 0.388 e. The average molecular weight is 548 g/mol. The van der Waals surface area contributed by atoms with Crippen LogP contribution in [0.15, 0.2) is 40.2 Å². The molecule has 1 aliphatic heterocycles. The van der Waals surface area contributed by atoms with Gasteiger partial charge in [-0.05, 0) is 31.9 Å². The van der Waals surface area contributed by atoms with Crippen molar-refractivity contribution in [2.45, 2.75) is 50.6 Å². The fourth-order valence-electron chi connectivity index (χ4n) is 5.30. The molecule has 11 nitrogen and oxygen atoms in total. The molecule has 5 rings (SSSR count). The average Bonchev–Trinajstić information content (AvgIpc) is 3.48. The maximum Gasteiger partial charge on any atom is 0.449 e. The van der Waals surface area contributed by atoms with Crippen LogP contribution >= 0.6 is 0 Å². The van der Waals surface area contributed by atoms with E-state index in [0.717, 1.165) is 9.13 Å². The van der Waals surface area contributed by atoms with E-state index >= 15 is 0 Å². The van der Waals surface area contributed by atoms with Crippen LogP contribution in [0, 0.1) is 0 Å². The molecule has 208 valence electrons. The van der Waals surface area contributed by atoms with E-state index in [1.54, 1.807) is 25.1 Å². The highest BCUT2D eigenvalue weighted by Crippen LogP contribution is 2.34. The number of rotatable bonds is 5. The molecule has 3 aromatic heterocycles. The first-order valence-electron chi connectivity index (χ1n) is 12.5. The fourth-order valence-corrected chi connectivity index (χ4v) is 5.30. The van der Waals surface area contributed by atoms with Crippen molar-refractivity contribution in [1.82, 2.24) is 33.1 Å². The number of hydrogen-bond acceptors (Lipinski definition) is 6. The van der Waals surface area contributed by atoms with Crippen LogP contribution in [0.3, 0.4) is 0 Å². The summed E-state index contributed by atoms with van der Waals surface area (Å²) in [5.41, 5.74) is -1.53. The van der Waals surface area contributed by atoms with Crippen LogP contribution in [-0.4, -0.2) is 62.8 Å². The van der Waals surface area contributed by atoms with Crippen LogP contribution in [0.1, 0.15) is 38.1 Å². The number of carbonyl (C=O) groups excluding carboxylic acids is 1. The van der Waals surface area contributed by atoms with E-state index in [4.69, 9.17) is 0 Å². The van der Waals surface area contributed by atoms with Gasteiger partial charge in [0.25, 0.3) is 5.56 Å². The molecular weight excluding hydrogens is 519 g/mol. The molecule has 1 aliphatic rings.